The molecule has 3 heterocycles. The average Bonchev–Trinajstić information content (AvgIpc) is 3.14. The van der Waals surface area contributed by atoms with Gasteiger partial charge in [-0.2, -0.15) is 0 Å². The number of pyridine rings is 2. The second kappa shape index (κ2) is 7.67. The standard InChI is InChI=1S/C21H25N5O2/c1-13-22-12-19(28-13)17-9-6-15-11-23-20(10-18(15)24-17)25-21(27)14-4-7-16(8-5-14)26(2)3/h6,9-12,14,16H,4-5,7-8H2,1-3H3,(H,23,25,27)/t14-,16-. The van der Waals surface area contributed by atoms with Crippen LogP contribution in [0.1, 0.15) is 31.6 Å². The predicted molar refractivity (Wildman–Crippen MR) is 108 cm³/mol. The fraction of sp³-hybridized carbons (Fsp3) is 0.429. The van der Waals surface area contributed by atoms with Gasteiger partial charge in [-0.3, -0.25) is 4.79 Å². The maximum absolute atomic E-state index is 12.7. The maximum atomic E-state index is 12.7. The number of hydrogen-bond acceptors (Lipinski definition) is 6. The first-order valence-electron chi connectivity index (χ1n) is 9.66. The van der Waals surface area contributed by atoms with Gasteiger partial charge in [0.15, 0.2) is 11.7 Å². The Kier molecular flexibility index (Phi) is 5.09. The normalized spacial score (nSPS) is 19.9. The fourth-order valence-electron chi connectivity index (χ4n) is 3.78. The lowest BCUT2D eigenvalue weighted by atomic mass is 9.85. The van der Waals surface area contributed by atoms with E-state index >= 15 is 0 Å². The van der Waals surface area contributed by atoms with Crippen LogP contribution in [0.3, 0.4) is 0 Å². The lowest BCUT2D eigenvalue weighted by molar-refractivity contribution is -0.121. The Morgan fingerprint density at radius 1 is 1.14 bits per heavy atom. The summed E-state index contributed by atoms with van der Waals surface area (Å²) in [6, 6.07) is 6.21. The first-order valence-corrected chi connectivity index (χ1v) is 9.66. The highest BCUT2D eigenvalue weighted by atomic mass is 16.4. The van der Waals surface area contributed by atoms with Gasteiger partial charge in [0.2, 0.25) is 5.91 Å². The number of aromatic nitrogens is 3. The zero-order valence-electron chi connectivity index (χ0n) is 16.5. The minimum absolute atomic E-state index is 0.0464. The molecule has 0 bridgehead atoms. The monoisotopic (exact) mass is 379 g/mol. The van der Waals surface area contributed by atoms with Crippen molar-refractivity contribution >= 4 is 22.6 Å². The summed E-state index contributed by atoms with van der Waals surface area (Å²) in [7, 11) is 4.21. The van der Waals surface area contributed by atoms with Crippen molar-refractivity contribution in [3.05, 3.63) is 36.5 Å². The summed E-state index contributed by atoms with van der Waals surface area (Å²) >= 11 is 0. The number of aryl methyl sites for hydroxylation is 1. The third kappa shape index (κ3) is 3.89. The first-order chi connectivity index (χ1) is 13.5. The van der Waals surface area contributed by atoms with Gasteiger partial charge in [-0.05, 0) is 51.9 Å². The quantitative estimate of drug-likeness (QED) is 0.745. The van der Waals surface area contributed by atoms with Crippen molar-refractivity contribution in [3.8, 4) is 11.5 Å². The van der Waals surface area contributed by atoms with Gasteiger partial charge in [0.1, 0.15) is 11.5 Å². The van der Waals surface area contributed by atoms with Gasteiger partial charge in [-0.1, -0.05) is 0 Å². The largest absolute Gasteiger partial charge is 0.439 e. The number of rotatable bonds is 4. The van der Waals surface area contributed by atoms with Crippen LogP contribution < -0.4 is 5.32 Å². The molecule has 1 aliphatic carbocycles. The summed E-state index contributed by atoms with van der Waals surface area (Å²) in [6.45, 7) is 1.80. The Morgan fingerprint density at radius 2 is 1.93 bits per heavy atom. The van der Waals surface area contributed by atoms with Crippen LogP contribution in [0.15, 0.2) is 35.0 Å². The number of oxazole rings is 1. The molecule has 0 saturated heterocycles. The van der Waals surface area contributed by atoms with Crippen molar-refractivity contribution < 1.29 is 9.21 Å². The van der Waals surface area contributed by atoms with Crippen LogP contribution in [-0.4, -0.2) is 45.9 Å². The Labute approximate surface area is 164 Å². The molecular formula is C21H25N5O2. The third-order valence-corrected chi connectivity index (χ3v) is 5.50. The third-order valence-electron chi connectivity index (χ3n) is 5.50. The van der Waals surface area contributed by atoms with E-state index in [0.29, 0.717) is 29.2 Å². The summed E-state index contributed by atoms with van der Waals surface area (Å²) < 4.78 is 5.56. The molecule has 146 valence electrons. The van der Waals surface area contributed by atoms with E-state index in [-0.39, 0.29) is 11.8 Å². The predicted octanol–water partition coefficient (Wildman–Crippen LogP) is 3.65. The lowest BCUT2D eigenvalue weighted by Crippen LogP contribution is -2.35. The molecule has 0 aromatic carbocycles. The van der Waals surface area contributed by atoms with Crippen LogP contribution in [0, 0.1) is 12.8 Å². The summed E-state index contributed by atoms with van der Waals surface area (Å²) in [5.74, 6) is 1.85. The van der Waals surface area contributed by atoms with Gasteiger partial charge in [0.25, 0.3) is 0 Å². The molecule has 0 spiro atoms. The van der Waals surface area contributed by atoms with Gasteiger partial charge >= 0.3 is 0 Å². The van der Waals surface area contributed by atoms with Gasteiger partial charge in [0.05, 0.1) is 11.7 Å². The molecule has 0 unspecified atom stereocenters. The smallest absolute Gasteiger partial charge is 0.228 e. The highest BCUT2D eigenvalue weighted by Gasteiger charge is 2.27. The van der Waals surface area contributed by atoms with Crippen LogP contribution in [0.4, 0.5) is 5.82 Å². The van der Waals surface area contributed by atoms with E-state index in [1.807, 2.05) is 18.2 Å². The highest BCUT2D eigenvalue weighted by molar-refractivity contribution is 5.93. The molecule has 28 heavy (non-hydrogen) atoms. The molecule has 3 aromatic rings. The van der Waals surface area contributed by atoms with E-state index in [0.717, 1.165) is 36.6 Å². The highest BCUT2D eigenvalue weighted by Crippen LogP contribution is 2.28. The summed E-state index contributed by atoms with van der Waals surface area (Å²) in [5.41, 5.74) is 1.46. The zero-order valence-corrected chi connectivity index (χ0v) is 16.5. The lowest BCUT2D eigenvalue weighted by Gasteiger charge is -2.31. The van der Waals surface area contributed by atoms with Crippen molar-refractivity contribution in [2.45, 2.75) is 38.6 Å². The van der Waals surface area contributed by atoms with E-state index in [2.05, 4.69) is 39.3 Å². The van der Waals surface area contributed by atoms with Crippen molar-refractivity contribution in [1.82, 2.24) is 19.9 Å². The summed E-state index contributed by atoms with van der Waals surface area (Å²) in [6.07, 6.45) is 7.33. The van der Waals surface area contributed by atoms with Crippen molar-refractivity contribution in [1.29, 1.82) is 0 Å². The molecule has 7 nitrogen and oxygen atoms in total. The van der Waals surface area contributed by atoms with Gasteiger partial charge in [-0.25, -0.2) is 15.0 Å². The Balaban J connectivity index is 1.49. The van der Waals surface area contributed by atoms with Crippen molar-refractivity contribution in [3.63, 3.8) is 0 Å². The fourth-order valence-corrected chi connectivity index (χ4v) is 3.78. The Morgan fingerprint density at radius 3 is 2.61 bits per heavy atom. The van der Waals surface area contributed by atoms with Crippen LogP contribution in [-0.2, 0) is 4.79 Å². The number of nitrogens with one attached hydrogen (secondary N) is 1. The van der Waals surface area contributed by atoms with Crippen LogP contribution in [0.25, 0.3) is 22.4 Å². The molecule has 1 aliphatic rings. The molecule has 7 heteroatoms. The van der Waals surface area contributed by atoms with E-state index in [1.54, 1.807) is 19.3 Å². The van der Waals surface area contributed by atoms with Crippen LogP contribution in [0.5, 0.6) is 0 Å². The van der Waals surface area contributed by atoms with E-state index < -0.39 is 0 Å². The van der Waals surface area contributed by atoms with Gasteiger partial charge in [-0.15, -0.1) is 0 Å². The van der Waals surface area contributed by atoms with Gasteiger partial charge in [0, 0.05) is 36.5 Å². The molecule has 1 fully saturated rings. The Hall–Kier alpha value is -2.80. The molecule has 0 aliphatic heterocycles. The number of hydrogen-bond donors (Lipinski definition) is 1. The van der Waals surface area contributed by atoms with Crippen molar-refractivity contribution in [2.24, 2.45) is 5.92 Å². The number of carbonyl (C=O) groups is 1. The Bertz CT molecular complexity index is 989. The topological polar surface area (TPSA) is 84.2 Å². The summed E-state index contributed by atoms with van der Waals surface area (Å²) in [4.78, 5) is 28.0. The number of carbonyl (C=O) groups excluding carboxylic acids is 1. The van der Waals surface area contributed by atoms with E-state index in [1.165, 1.54) is 0 Å². The average molecular weight is 379 g/mol. The molecule has 0 radical (unpaired) electrons. The number of fused-ring (bicyclic) bond motifs is 1. The first kappa shape index (κ1) is 18.6. The van der Waals surface area contributed by atoms with E-state index in [9.17, 15) is 4.79 Å². The van der Waals surface area contributed by atoms with E-state index in [4.69, 9.17) is 4.42 Å². The molecule has 1 amide bonds. The zero-order chi connectivity index (χ0) is 19.7. The molecule has 0 atom stereocenters. The SMILES string of the molecule is Cc1ncc(-c2ccc3cnc(NC(=O)[C@H]4CC[C@H](N(C)C)CC4)cc3n2)o1. The maximum Gasteiger partial charge on any atom is 0.228 e. The van der Waals surface area contributed by atoms with Crippen molar-refractivity contribution in [2.75, 3.05) is 19.4 Å². The minimum atomic E-state index is 0.0464. The van der Waals surface area contributed by atoms with Gasteiger partial charge < -0.3 is 14.6 Å². The number of anilines is 1. The van der Waals surface area contributed by atoms with Crippen LogP contribution >= 0.6 is 0 Å². The number of nitrogens with zero attached hydrogens (tertiary/aromatic N) is 4. The second-order valence-corrected chi connectivity index (χ2v) is 7.66. The number of amides is 1. The minimum Gasteiger partial charge on any atom is -0.439 e. The molecule has 1 N–H and O–H groups in total. The molecule has 1 saturated carbocycles. The van der Waals surface area contributed by atoms with Crippen LogP contribution in [0.2, 0.25) is 0 Å². The molecular weight excluding hydrogens is 354 g/mol. The second-order valence-electron chi connectivity index (χ2n) is 7.66. The molecule has 3 aromatic heterocycles. The summed E-state index contributed by atoms with van der Waals surface area (Å²) in [5, 5.41) is 3.88. The molecule has 4 rings (SSSR count).